The van der Waals surface area contributed by atoms with Gasteiger partial charge in [0.05, 0.1) is 17.6 Å². The average molecular weight is 321 g/mol. The Kier molecular flexibility index (Phi) is 3.77. The summed E-state index contributed by atoms with van der Waals surface area (Å²) in [6, 6.07) is 8.82. The molecule has 0 aliphatic carbocycles. The molecule has 2 aromatic heterocycles. The monoisotopic (exact) mass is 320 g/mol. The van der Waals surface area contributed by atoms with Crippen LogP contribution in [0.2, 0.25) is 10.2 Å². The molecule has 3 rings (SSSR count). The highest BCUT2D eigenvalue weighted by molar-refractivity contribution is 6.32. The Morgan fingerprint density at radius 1 is 1.10 bits per heavy atom. The van der Waals surface area contributed by atoms with Gasteiger partial charge in [0.15, 0.2) is 5.82 Å². The van der Waals surface area contributed by atoms with E-state index < -0.39 is 0 Å². The first kappa shape index (κ1) is 13.9. The van der Waals surface area contributed by atoms with Gasteiger partial charge in [-0.15, -0.1) is 0 Å². The summed E-state index contributed by atoms with van der Waals surface area (Å²) < 4.78 is 5.19. The van der Waals surface area contributed by atoms with E-state index in [1.54, 1.807) is 31.4 Å². The lowest BCUT2D eigenvalue weighted by molar-refractivity contribution is 0.415. The van der Waals surface area contributed by atoms with Crippen molar-refractivity contribution in [2.75, 3.05) is 12.4 Å². The molecule has 0 saturated carbocycles. The normalized spacial score (nSPS) is 10.6. The minimum atomic E-state index is 0.383. The van der Waals surface area contributed by atoms with Crippen LogP contribution < -0.4 is 10.1 Å². The zero-order valence-electron chi connectivity index (χ0n) is 11.0. The Morgan fingerprint density at radius 3 is 2.76 bits per heavy atom. The van der Waals surface area contributed by atoms with Crippen molar-refractivity contribution < 1.29 is 4.74 Å². The molecule has 0 spiro atoms. The van der Waals surface area contributed by atoms with Crippen LogP contribution in [0, 0.1) is 0 Å². The number of pyridine rings is 1. The van der Waals surface area contributed by atoms with E-state index >= 15 is 0 Å². The minimum absolute atomic E-state index is 0.383. The standard InChI is InChI=1S/C14H10Cl2N4O/c1-21-11-6-8(2-3-9(11)15)19-14-13-10(17-7-18-14)4-5-12(16)20-13/h2-7H,1H3,(H,17,18,19). The van der Waals surface area contributed by atoms with Crippen molar-refractivity contribution in [1.82, 2.24) is 15.0 Å². The Bertz CT molecular complexity index is 810. The summed E-state index contributed by atoms with van der Waals surface area (Å²) in [5, 5.41) is 4.09. The van der Waals surface area contributed by atoms with Gasteiger partial charge in [0.1, 0.15) is 22.7 Å². The summed E-state index contributed by atoms with van der Waals surface area (Å²) in [5.41, 5.74) is 2.08. The van der Waals surface area contributed by atoms with E-state index in [1.807, 2.05) is 6.07 Å². The number of benzene rings is 1. The molecule has 0 saturated heterocycles. The van der Waals surface area contributed by atoms with Gasteiger partial charge in [-0.1, -0.05) is 23.2 Å². The summed E-state index contributed by atoms with van der Waals surface area (Å²) in [5.74, 6) is 1.14. The predicted molar refractivity (Wildman–Crippen MR) is 83.6 cm³/mol. The second-order valence-corrected chi connectivity index (χ2v) is 4.99. The Balaban J connectivity index is 2.03. The molecule has 0 bridgehead atoms. The highest BCUT2D eigenvalue weighted by Gasteiger charge is 2.08. The Labute approximate surface area is 130 Å². The third-order valence-corrected chi connectivity index (χ3v) is 3.38. The third kappa shape index (κ3) is 2.84. The fourth-order valence-electron chi connectivity index (χ4n) is 1.88. The number of anilines is 2. The number of hydrogen-bond acceptors (Lipinski definition) is 5. The largest absolute Gasteiger partial charge is 0.495 e. The van der Waals surface area contributed by atoms with E-state index in [9.17, 15) is 0 Å². The van der Waals surface area contributed by atoms with Crippen molar-refractivity contribution in [2.24, 2.45) is 0 Å². The zero-order valence-corrected chi connectivity index (χ0v) is 12.5. The van der Waals surface area contributed by atoms with E-state index in [-0.39, 0.29) is 0 Å². The summed E-state index contributed by atoms with van der Waals surface area (Å²) in [4.78, 5) is 12.6. The molecule has 0 aliphatic rings. The minimum Gasteiger partial charge on any atom is -0.495 e. The molecule has 5 nitrogen and oxygen atoms in total. The molecule has 1 N–H and O–H groups in total. The number of nitrogens with one attached hydrogen (secondary N) is 1. The van der Waals surface area contributed by atoms with Crippen LogP contribution in [0.3, 0.4) is 0 Å². The van der Waals surface area contributed by atoms with Gasteiger partial charge in [-0.05, 0) is 24.3 Å². The van der Waals surface area contributed by atoms with Crippen LogP contribution in [-0.2, 0) is 0 Å². The number of rotatable bonds is 3. The number of halogens is 2. The molecule has 21 heavy (non-hydrogen) atoms. The molecule has 1 aromatic carbocycles. The molecule has 0 amide bonds. The topological polar surface area (TPSA) is 59.9 Å². The van der Waals surface area contributed by atoms with Crippen LogP contribution in [0.25, 0.3) is 11.0 Å². The highest BCUT2D eigenvalue weighted by atomic mass is 35.5. The van der Waals surface area contributed by atoms with E-state index in [4.69, 9.17) is 27.9 Å². The molecule has 0 atom stereocenters. The molecule has 7 heteroatoms. The highest BCUT2D eigenvalue weighted by Crippen LogP contribution is 2.30. The van der Waals surface area contributed by atoms with E-state index in [2.05, 4.69) is 20.3 Å². The molecule has 0 unspecified atom stereocenters. The summed E-state index contributed by atoms with van der Waals surface area (Å²) in [6.07, 6.45) is 1.47. The lowest BCUT2D eigenvalue weighted by Crippen LogP contribution is -1.98. The van der Waals surface area contributed by atoms with E-state index in [1.165, 1.54) is 6.33 Å². The van der Waals surface area contributed by atoms with Gasteiger partial charge in [-0.25, -0.2) is 15.0 Å². The number of hydrogen-bond donors (Lipinski definition) is 1. The fraction of sp³-hybridized carbons (Fsp3) is 0.0714. The smallest absolute Gasteiger partial charge is 0.160 e. The van der Waals surface area contributed by atoms with Crippen LogP contribution in [0.15, 0.2) is 36.7 Å². The number of nitrogens with zero attached hydrogens (tertiary/aromatic N) is 3. The second-order valence-electron chi connectivity index (χ2n) is 4.20. The van der Waals surface area contributed by atoms with Gasteiger partial charge in [-0.3, -0.25) is 0 Å². The Morgan fingerprint density at radius 2 is 1.95 bits per heavy atom. The molecular weight excluding hydrogens is 311 g/mol. The number of ether oxygens (including phenoxy) is 1. The van der Waals surface area contributed by atoms with E-state index in [0.717, 1.165) is 5.69 Å². The molecule has 0 fully saturated rings. The third-order valence-electron chi connectivity index (χ3n) is 2.86. The molecule has 106 valence electrons. The van der Waals surface area contributed by atoms with Crippen molar-refractivity contribution in [1.29, 1.82) is 0 Å². The first-order chi connectivity index (χ1) is 10.2. The maximum Gasteiger partial charge on any atom is 0.160 e. The van der Waals surface area contributed by atoms with Crippen LogP contribution in [-0.4, -0.2) is 22.1 Å². The van der Waals surface area contributed by atoms with Crippen molar-refractivity contribution in [3.63, 3.8) is 0 Å². The van der Waals surface area contributed by atoms with Gasteiger partial charge >= 0.3 is 0 Å². The Hall–Kier alpha value is -2.11. The molecule has 0 radical (unpaired) electrons. The van der Waals surface area contributed by atoms with Gasteiger partial charge in [0.25, 0.3) is 0 Å². The van der Waals surface area contributed by atoms with Crippen molar-refractivity contribution in [3.8, 4) is 5.75 Å². The van der Waals surface area contributed by atoms with Crippen molar-refractivity contribution in [2.45, 2.75) is 0 Å². The second kappa shape index (κ2) is 5.71. The van der Waals surface area contributed by atoms with Crippen molar-refractivity contribution >= 4 is 45.7 Å². The molecular formula is C14H10Cl2N4O. The summed E-state index contributed by atoms with van der Waals surface area (Å²) >= 11 is 11.9. The van der Waals surface area contributed by atoms with Crippen LogP contribution in [0.1, 0.15) is 0 Å². The molecule has 2 heterocycles. The van der Waals surface area contributed by atoms with Gasteiger partial charge in [0.2, 0.25) is 0 Å². The maximum absolute atomic E-state index is 6.01. The average Bonchev–Trinajstić information content (AvgIpc) is 2.50. The van der Waals surface area contributed by atoms with Crippen molar-refractivity contribution in [3.05, 3.63) is 46.8 Å². The summed E-state index contributed by atoms with van der Waals surface area (Å²) in [6.45, 7) is 0. The van der Waals surface area contributed by atoms with Gasteiger partial charge in [0, 0.05) is 11.8 Å². The zero-order chi connectivity index (χ0) is 14.8. The lowest BCUT2D eigenvalue weighted by Gasteiger charge is -2.10. The first-order valence-corrected chi connectivity index (χ1v) is 6.81. The van der Waals surface area contributed by atoms with Gasteiger partial charge < -0.3 is 10.1 Å². The van der Waals surface area contributed by atoms with Crippen LogP contribution >= 0.6 is 23.2 Å². The summed E-state index contributed by atoms with van der Waals surface area (Å²) in [7, 11) is 1.56. The van der Waals surface area contributed by atoms with Crippen LogP contribution in [0.5, 0.6) is 5.75 Å². The first-order valence-electron chi connectivity index (χ1n) is 6.05. The quantitative estimate of drug-likeness (QED) is 0.737. The van der Waals surface area contributed by atoms with E-state index in [0.29, 0.717) is 32.8 Å². The molecule has 0 aliphatic heterocycles. The number of methoxy groups -OCH3 is 1. The molecule has 3 aromatic rings. The predicted octanol–water partition coefficient (Wildman–Crippen LogP) is 4.08. The lowest BCUT2D eigenvalue weighted by atomic mass is 10.3. The SMILES string of the molecule is COc1cc(Nc2ncnc3ccc(Cl)nc23)ccc1Cl. The number of aromatic nitrogens is 3. The maximum atomic E-state index is 6.01. The number of fused-ring (bicyclic) bond motifs is 1. The van der Waals surface area contributed by atoms with Gasteiger partial charge in [-0.2, -0.15) is 0 Å². The van der Waals surface area contributed by atoms with Crippen LogP contribution in [0.4, 0.5) is 11.5 Å². The fourth-order valence-corrected chi connectivity index (χ4v) is 2.22.